The van der Waals surface area contributed by atoms with Crippen LogP contribution in [0.1, 0.15) is 36.1 Å². The van der Waals surface area contributed by atoms with Gasteiger partial charge in [0.05, 0.1) is 0 Å². The van der Waals surface area contributed by atoms with Crippen molar-refractivity contribution in [3.8, 4) is 0 Å². The maximum absolute atomic E-state index is 12.7. The molecule has 1 aromatic carbocycles. The Morgan fingerprint density at radius 1 is 1.11 bits per heavy atom. The van der Waals surface area contributed by atoms with E-state index in [9.17, 15) is 4.79 Å². The van der Waals surface area contributed by atoms with Crippen LogP contribution in [0, 0.1) is 0 Å². The van der Waals surface area contributed by atoms with Gasteiger partial charge in [-0.05, 0) is 30.5 Å². The van der Waals surface area contributed by atoms with Gasteiger partial charge in [-0.25, -0.2) is 4.98 Å². The number of aromatic amines is 1. The van der Waals surface area contributed by atoms with Gasteiger partial charge in [-0.1, -0.05) is 36.4 Å². The number of carbonyl (C=O) groups excluding carboxylic acids is 1. The van der Waals surface area contributed by atoms with Crippen molar-refractivity contribution in [3.05, 3.63) is 72.1 Å². The number of nitrogens with zero attached hydrogens (tertiary/aromatic N) is 3. The van der Waals surface area contributed by atoms with E-state index in [2.05, 4.69) is 20.5 Å². The van der Waals surface area contributed by atoms with E-state index < -0.39 is 6.04 Å². The monoisotopic (exact) mass is 376 g/mol. The zero-order chi connectivity index (χ0) is 19.3. The van der Waals surface area contributed by atoms with E-state index in [4.69, 9.17) is 5.73 Å². The highest BCUT2D eigenvalue weighted by molar-refractivity contribution is 5.83. The molecule has 0 bridgehead atoms. The summed E-state index contributed by atoms with van der Waals surface area (Å²) in [5.41, 5.74) is 8.11. The molecule has 1 fully saturated rings. The first kappa shape index (κ1) is 18.2. The summed E-state index contributed by atoms with van der Waals surface area (Å²) in [6.45, 7) is 1.40. The highest BCUT2D eigenvalue weighted by atomic mass is 16.2. The molecule has 1 amide bonds. The molecule has 4 N–H and O–H groups in total. The molecule has 7 heteroatoms. The Hall–Kier alpha value is -3.19. The molecular weight excluding hydrogens is 352 g/mol. The van der Waals surface area contributed by atoms with Crippen LogP contribution in [0.4, 0.5) is 11.6 Å². The molecule has 2 aromatic heterocycles. The van der Waals surface area contributed by atoms with Crippen LogP contribution in [0.2, 0.25) is 0 Å². The third kappa shape index (κ3) is 4.04. The Morgan fingerprint density at radius 2 is 1.86 bits per heavy atom. The maximum Gasteiger partial charge on any atom is 0.244 e. The molecule has 0 aliphatic carbocycles. The molecule has 7 nitrogen and oxygen atoms in total. The molecule has 0 radical (unpaired) electrons. The number of carbonyl (C=O) groups is 1. The lowest BCUT2D eigenvalue weighted by molar-refractivity contribution is -0.133. The highest BCUT2D eigenvalue weighted by Gasteiger charge is 2.28. The van der Waals surface area contributed by atoms with Crippen LogP contribution in [-0.2, 0) is 4.79 Å². The molecule has 3 aromatic rings. The van der Waals surface area contributed by atoms with Crippen molar-refractivity contribution in [1.82, 2.24) is 20.1 Å². The second kappa shape index (κ2) is 8.22. The molecule has 3 heterocycles. The molecule has 1 aliphatic rings. The molecule has 1 unspecified atom stereocenters. The van der Waals surface area contributed by atoms with Crippen LogP contribution in [0.25, 0.3) is 0 Å². The van der Waals surface area contributed by atoms with E-state index in [-0.39, 0.29) is 5.91 Å². The minimum atomic E-state index is -0.598. The number of aromatic nitrogens is 3. The van der Waals surface area contributed by atoms with Gasteiger partial charge in [0.2, 0.25) is 5.91 Å². The van der Waals surface area contributed by atoms with Crippen molar-refractivity contribution in [3.63, 3.8) is 0 Å². The van der Waals surface area contributed by atoms with Gasteiger partial charge in [0.15, 0.2) is 5.82 Å². The smallest absolute Gasteiger partial charge is 0.244 e. The number of nitrogens with one attached hydrogen (secondary N) is 2. The molecule has 144 valence electrons. The molecule has 0 spiro atoms. The van der Waals surface area contributed by atoms with Crippen LogP contribution >= 0.6 is 0 Å². The van der Waals surface area contributed by atoms with Crippen LogP contribution in [-0.4, -0.2) is 39.1 Å². The van der Waals surface area contributed by atoms with E-state index in [0.29, 0.717) is 19.0 Å². The number of rotatable bonds is 5. The predicted molar refractivity (Wildman–Crippen MR) is 108 cm³/mol. The average Bonchev–Trinajstić information content (AvgIpc) is 3.22. The highest BCUT2D eigenvalue weighted by Crippen LogP contribution is 2.29. The minimum absolute atomic E-state index is 0.00762. The first-order chi connectivity index (χ1) is 13.7. The number of hydrogen-bond acceptors (Lipinski definition) is 5. The van der Waals surface area contributed by atoms with Gasteiger partial charge in [-0.15, -0.1) is 0 Å². The van der Waals surface area contributed by atoms with Gasteiger partial charge in [-0.2, -0.15) is 5.10 Å². The van der Waals surface area contributed by atoms with Crippen molar-refractivity contribution in [2.24, 2.45) is 5.73 Å². The van der Waals surface area contributed by atoms with E-state index in [0.717, 1.165) is 35.7 Å². The van der Waals surface area contributed by atoms with Gasteiger partial charge >= 0.3 is 0 Å². The molecule has 0 saturated carbocycles. The zero-order valence-electron chi connectivity index (χ0n) is 15.6. The van der Waals surface area contributed by atoms with E-state index >= 15 is 0 Å². The Morgan fingerprint density at radius 3 is 2.57 bits per heavy atom. The van der Waals surface area contributed by atoms with Crippen LogP contribution in [0.5, 0.6) is 0 Å². The fraction of sp³-hybridized carbons (Fsp3) is 0.286. The van der Waals surface area contributed by atoms with Gasteiger partial charge in [0.25, 0.3) is 0 Å². The minimum Gasteiger partial charge on any atom is -0.341 e. The first-order valence-electron chi connectivity index (χ1n) is 9.53. The molecule has 28 heavy (non-hydrogen) atoms. The average molecular weight is 376 g/mol. The lowest BCUT2D eigenvalue weighted by atomic mass is 9.93. The SMILES string of the molecule is NC(C(=O)N1CCC(c2cc(Nc3ccccn3)n[nH]2)CC1)c1ccccc1. The van der Waals surface area contributed by atoms with Gasteiger partial charge < -0.3 is 16.0 Å². The molecular formula is C21H24N6O. The second-order valence-electron chi connectivity index (χ2n) is 7.04. The number of likely N-dealkylation sites (tertiary alicyclic amines) is 1. The summed E-state index contributed by atoms with van der Waals surface area (Å²) in [5, 5.41) is 10.6. The summed E-state index contributed by atoms with van der Waals surface area (Å²) in [5.74, 6) is 1.85. The van der Waals surface area contributed by atoms with Crippen molar-refractivity contribution >= 4 is 17.5 Å². The zero-order valence-corrected chi connectivity index (χ0v) is 15.6. The summed E-state index contributed by atoms with van der Waals surface area (Å²) in [4.78, 5) is 18.8. The Kier molecular flexibility index (Phi) is 5.34. The van der Waals surface area contributed by atoms with Gasteiger partial charge in [0.1, 0.15) is 11.9 Å². The quantitative estimate of drug-likeness (QED) is 0.636. The molecule has 1 saturated heterocycles. The molecule has 1 aliphatic heterocycles. The van der Waals surface area contributed by atoms with Crippen molar-refractivity contribution < 1.29 is 4.79 Å². The lowest BCUT2D eigenvalue weighted by Crippen LogP contribution is -2.43. The maximum atomic E-state index is 12.7. The van der Waals surface area contributed by atoms with E-state index in [1.54, 1.807) is 6.20 Å². The standard InChI is InChI=1S/C21H24N6O/c22-20(16-6-2-1-3-7-16)21(28)27-12-9-15(10-13-27)17-14-19(26-25-17)24-18-8-4-5-11-23-18/h1-8,11,14-15,20H,9-10,12-13,22H2,(H2,23,24,25,26). The number of nitrogens with two attached hydrogens (primary N) is 1. The number of pyridine rings is 1. The van der Waals surface area contributed by atoms with Gasteiger partial charge in [0, 0.05) is 37.0 Å². The molecule has 4 rings (SSSR count). The summed E-state index contributed by atoms with van der Waals surface area (Å²) in [7, 11) is 0. The van der Waals surface area contributed by atoms with Gasteiger partial charge in [-0.3, -0.25) is 9.89 Å². The topological polar surface area (TPSA) is 99.9 Å². The normalized spacial score (nSPS) is 16.0. The Balaban J connectivity index is 1.33. The molecule has 1 atom stereocenters. The number of benzene rings is 1. The van der Waals surface area contributed by atoms with Crippen LogP contribution in [0.15, 0.2) is 60.8 Å². The Bertz CT molecular complexity index is 903. The summed E-state index contributed by atoms with van der Waals surface area (Å²) >= 11 is 0. The van der Waals surface area contributed by atoms with Crippen molar-refractivity contribution in [1.29, 1.82) is 0 Å². The number of amides is 1. The second-order valence-corrected chi connectivity index (χ2v) is 7.04. The fourth-order valence-electron chi connectivity index (χ4n) is 3.59. The number of hydrogen-bond donors (Lipinski definition) is 3. The van der Waals surface area contributed by atoms with Crippen LogP contribution < -0.4 is 11.1 Å². The predicted octanol–water partition coefficient (Wildman–Crippen LogP) is 2.95. The third-order valence-corrected chi connectivity index (χ3v) is 5.19. The Labute approximate surface area is 164 Å². The number of piperidine rings is 1. The summed E-state index contributed by atoms with van der Waals surface area (Å²) in [6, 6.07) is 16.7. The summed E-state index contributed by atoms with van der Waals surface area (Å²) < 4.78 is 0. The van der Waals surface area contributed by atoms with E-state index in [1.807, 2.05) is 59.5 Å². The first-order valence-corrected chi connectivity index (χ1v) is 9.53. The van der Waals surface area contributed by atoms with Crippen molar-refractivity contribution in [2.75, 3.05) is 18.4 Å². The van der Waals surface area contributed by atoms with Crippen molar-refractivity contribution in [2.45, 2.75) is 24.8 Å². The van der Waals surface area contributed by atoms with E-state index in [1.165, 1.54) is 0 Å². The lowest BCUT2D eigenvalue weighted by Gasteiger charge is -2.33. The van der Waals surface area contributed by atoms with Crippen LogP contribution in [0.3, 0.4) is 0 Å². The third-order valence-electron chi connectivity index (χ3n) is 5.19. The largest absolute Gasteiger partial charge is 0.341 e. The number of H-pyrrole nitrogens is 1. The summed E-state index contributed by atoms with van der Waals surface area (Å²) in [6.07, 6.45) is 3.51. The number of anilines is 2. The fourth-order valence-corrected chi connectivity index (χ4v) is 3.59.